The SMILES string of the molecule is O=C(O)C[C@H](O)C(=O)OC[C@H]1O[C@@H](O)[C@H](O)[C@@H](O)[C@@H]1O. The highest BCUT2D eigenvalue weighted by Gasteiger charge is 2.43. The molecule has 1 saturated heterocycles. The zero-order chi connectivity index (χ0) is 15.4. The Morgan fingerprint density at radius 2 is 1.70 bits per heavy atom. The molecule has 0 radical (unpaired) electrons. The van der Waals surface area contributed by atoms with Crippen LogP contribution in [0.5, 0.6) is 0 Å². The first-order valence-corrected chi connectivity index (χ1v) is 5.68. The minimum absolute atomic E-state index is 0.641. The van der Waals surface area contributed by atoms with Gasteiger partial charge in [0.2, 0.25) is 0 Å². The van der Waals surface area contributed by atoms with Crippen molar-refractivity contribution in [1.29, 1.82) is 0 Å². The summed E-state index contributed by atoms with van der Waals surface area (Å²) in [4.78, 5) is 21.5. The first-order chi connectivity index (χ1) is 9.23. The Morgan fingerprint density at radius 1 is 1.10 bits per heavy atom. The highest BCUT2D eigenvalue weighted by molar-refractivity contribution is 5.80. The number of aliphatic carboxylic acids is 1. The summed E-state index contributed by atoms with van der Waals surface area (Å²) >= 11 is 0. The van der Waals surface area contributed by atoms with Crippen LogP contribution in [0.3, 0.4) is 0 Å². The lowest BCUT2D eigenvalue weighted by Gasteiger charge is -2.37. The zero-order valence-corrected chi connectivity index (χ0v) is 10.2. The summed E-state index contributed by atoms with van der Waals surface area (Å²) in [5.74, 6) is -2.66. The van der Waals surface area contributed by atoms with E-state index < -0.39 is 61.8 Å². The van der Waals surface area contributed by atoms with Gasteiger partial charge in [-0.3, -0.25) is 4.79 Å². The van der Waals surface area contributed by atoms with Crippen LogP contribution in [-0.2, 0) is 19.1 Å². The van der Waals surface area contributed by atoms with Gasteiger partial charge in [0.05, 0.1) is 6.42 Å². The van der Waals surface area contributed by atoms with E-state index in [9.17, 15) is 30.0 Å². The van der Waals surface area contributed by atoms with Crippen LogP contribution in [0.2, 0.25) is 0 Å². The summed E-state index contributed by atoms with van der Waals surface area (Å²) in [6.07, 6.45) is -10.9. The Kier molecular flexibility index (Phi) is 5.80. The van der Waals surface area contributed by atoms with Gasteiger partial charge in [-0.15, -0.1) is 0 Å². The number of carboxylic acids is 1. The van der Waals surface area contributed by atoms with Gasteiger partial charge in [-0.1, -0.05) is 0 Å². The number of rotatable bonds is 5. The maximum Gasteiger partial charge on any atom is 0.335 e. The lowest BCUT2D eigenvalue weighted by Crippen LogP contribution is -2.58. The standard InChI is InChI=1S/C10H16O10/c11-3(1-5(12)13)9(17)19-2-4-6(14)7(15)8(16)10(18)20-4/h3-4,6-8,10-11,14-16,18H,1-2H2,(H,12,13)/t3-,4+,6+,7-,8+,10+/m0/s1. The molecule has 1 rings (SSSR count). The molecule has 0 saturated carbocycles. The lowest BCUT2D eigenvalue weighted by molar-refractivity contribution is -0.287. The van der Waals surface area contributed by atoms with E-state index in [1.54, 1.807) is 0 Å². The minimum atomic E-state index is -1.88. The summed E-state index contributed by atoms with van der Waals surface area (Å²) < 4.78 is 9.22. The van der Waals surface area contributed by atoms with Crippen molar-refractivity contribution < 1.29 is 49.7 Å². The molecule has 116 valence electrons. The van der Waals surface area contributed by atoms with Crippen LogP contribution in [0.4, 0.5) is 0 Å². The summed E-state index contributed by atoms with van der Waals surface area (Å²) in [5.41, 5.74) is 0. The van der Waals surface area contributed by atoms with Crippen LogP contribution in [0, 0.1) is 0 Å². The molecule has 10 nitrogen and oxygen atoms in total. The fraction of sp³-hybridized carbons (Fsp3) is 0.800. The lowest BCUT2D eigenvalue weighted by atomic mass is 9.99. The molecule has 0 aromatic heterocycles. The van der Waals surface area contributed by atoms with Gasteiger partial charge < -0.3 is 40.1 Å². The van der Waals surface area contributed by atoms with Crippen LogP contribution in [0.1, 0.15) is 6.42 Å². The molecule has 6 N–H and O–H groups in total. The van der Waals surface area contributed by atoms with Crippen molar-refractivity contribution in [2.45, 2.75) is 43.2 Å². The van der Waals surface area contributed by atoms with E-state index in [0.717, 1.165) is 0 Å². The van der Waals surface area contributed by atoms with Gasteiger partial charge in [0, 0.05) is 0 Å². The molecule has 0 aromatic carbocycles. The molecule has 0 aliphatic carbocycles. The van der Waals surface area contributed by atoms with E-state index in [2.05, 4.69) is 4.74 Å². The predicted molar refractivity (Wildman–Crippen MR) is 58.1 cm³/mol. The first kappa shape index (κ1) is 16.8. The number of hydrogen-bond donors (Lipinski definition) is 6. The number of ether oxygens (including phenoxy) is 2. The van der Waals surface area contributed by atoms with Gasteiger partial charge >= 0.3 is 11.9 Å². The number of carboxylic acid groups (broad SMARTS) is 1. The van der Waals surface area contributed by atoms with Gasteiger partial charge in [0.1, 0.15) is 31.0 Å². The largest absolute Gasteiger partial charge is 0.481 e. The van der Waals surface area contributed by atoms with Crippen molar-refractivity contribution in [3.63, 3.8) is 0 Å². The molecular formula is C10H16O10. The van der Waals surface area contributed by atoms with Gasteiger partial charge in [-0.25, -0.2) is 4.79 Å². The van der Waals surface area contributed by atoms with Crippen molar-refractivity contribution in [3.05, 3.63) is 0 Å². The monoisotopic (exact) mass is 296 g/mol. The second kappa shape index (κ2) is 6.92. The summed E-state index contributed by atoms with van der Waals surface area (Å²) in [5, 5.41) is 54.8. The average molecular weight is 296 g/mol. The second-order valence-corrected chi connectivity index (χ2v) is 4.28. The van der Waals surface area contributed by atoms with Crippen molar-refractivity contribution >= 4 is 11.9 Å². The third kappa shape index (κ3) is 4.10. The van der Waals surface area contributed by atoms with Crippen LogP contribution < -0.4 is 0 Å². The van der Waals surface area contributed by atoms with Crippen molar-refractivity contribution in [3.8, 4) is 0 Å². The molecule has 1 aliphatic rings. The molecule has 1 fully saturated rings. The topological polar surface area (TPSA) is 174 Å². The molecule has 20 heavy (non-hydrogen) atoms. The van der Waals surface area contributed by atoms with Gasteiger partial charge in [-0.2, -0.15) is 0 Å². The van der Waals surface area contributed by atoms with Crippen LogP contribution in [-0.4, -0.2) is 86.0 Å². The van der Waals surface area contributed by atoms with E-state index >= 15 is 0 Å². The molecule has 0 amide bonds. The highest BCUT2D eigenvalue weighted by Crippen LogP contribution is 2.20. The Hall–Kier alpha value is -1.30. The molecule has 1 aliphatic heterocycles. The van der Waals surface area contributed by atoms with Crippen LogP contribution in [0.15, 0.2) is 0 Å². The van der Waals surface area contributed by atoms with Crippen molar-refractivity contribution in [1.82, 2.24) is 0 Å². The van der Waals surface area contributed by atoms with E-state index in [1.807, 2.05) is 0 Å². The Morgan fingerprint density at radius 3 is 2.25 bits per heavy atom. The van der Waals surface area contributed by atoms with Gasteiger partial charge in [-0.05, 0) is 0 Å². The second-order valence-electron chi connectivity index (χ2n) is 4.28. The fourth-order valence-electron chi connectivity index (χ4n) is 1.58. The Labute approximate surface area is 112 Å². The molecule has 0 spiro atoms. The van der Waals surface area contributed by atoms with Crippen molar-refractivity contribution in [2.24, 2.45) is 0 Å². The third-order valence-corrected chi connectivity index (χ3v) is 2.72. The van der Waals surface area contributed by atoms with Gasteiger partial charge in [0.25, 0.3) is 0 Å². The Balaban J connectivity index is 2.48. The molecule has 0 unspecified atom stereocenters. The molecule has 1 heterocycles. The summed E-state index contributed by atoms with van der Waals surface area (Å²) in [6.45, 7) is -0.641. The first-order valence-electron chi connectivity index (χ1n) is 5.68. The van der Waals surface area contributed by atoms with Crippen LogP contribution >= 0.6 is 0 Å². The molecule has 0 bridgehead atoms. The number of carbonyl (C=O) groups excluding carboxylic acids is 1. The smallest absolute Gasteiger partial charge is 0.335 e. The number of esters is 1. The quantitative estimate of drug-likeness (QED) is 0.276. The average Bonchev–Trinajstić information content (AvgIpc) is 2.37. The van der Waals surface area contributed by atoms with E-state index in [0.29, 0.717) is 0 Å². The predicted octanol–water partition coefficient (Wildman–Crippen LogP) is -3.83. The zero-order valence-electron chi connectivity index (χ0n) is 10.2. The number of aliphatic hydroxyl groups is 5. The maximum atomic E-state index is 11.2. The molecule has 6 atom stereocenters. The van der Waals surface area contributed by atoms with E-state index in [1.165, 1.54) is 0 Å². The highest BCUT2D eigenvalue weighted by atomic mass is 16.7. The summed E-state index contributed by atoms with van der Waals surface area (Å²) in [7, 11) is 0. The van der Waals surface area contributed by atoms with Crippen molar-refractivity contribution in [2.75, 3.05) is 6.61 Å². The normalized spacial score (nSPS) is 35.4. The summed E-state index contributed by atoms with van der Waals surface area (Å²) in [6, 6.07) is 0. The van der Waals surface area contributed by atoms with E-state index in [-0.39, 0.29) is 0 Å². The number of aliphatic hydroxyl groups excluding tert-OH is 5. The fourth-order valence-corrected chi connectivity index (χ4v) is 1.58. The molecule has 10 heteroatoms. The number of carbonyl (C=O) groups is 2. The van der Waals surface area contributed by atoms with Gasteiger partial charge in [0.15, 0.2) is 12.4 Å². The van der Waals surface area contributed by atoms with E-state index in [4.69, 9.17) is 14.9 Å². The Bertz CT molecular complexity index is 358. The molecule has 0 aromatic rings. The maximum absolute atomic E-state index is 11.2. The third-order valence-electron chi connectivity index (χ3n) is 2.72. The molecular weight excluding hydrogens is 280 g/mol. The number of hydrogen-bond acceptors (Lipinski definition) is 9. The minimum Gasteiger partial charge on any atom is -0.481 e. The van der Waals surface area contributed by atoms with Crippen LogP contribution in [0.25, 0.3) is 0 Å².